The van der Waals surface area contributed by atoms with Crippen molar-refractivity contribution < 1.29 is 19.2 Å². The van der Waals surface area contributed by atoms with Crippen LogP contribution in [0, 0.1) is 10.1 Å². The molecule has 0 aliphatic carbocycles. The van der Waals surface area contributed by atoms with Crippen LogP contribution in [-0.2, 0) is 22.0 Å². The Labute approximate surface area is 199 Å². The fraction of sp³-hybridized carbons (Fsp3) is 0.333. The van der Waals surface area contributed by atoms with E-state index in [-0.39, 0.29) is 6.42 Å². The predicted octanol–water partition coefficient (Wildman–Crippen LogP) is 5.18. The molecule has 0 spiro atoms. The summed E-state index contributed by atoms with van der Waals surface area (Å²) in [6, 6.07) is 12.7. The number of benzene rings is 2. The molecule has 0 unspecified atom stereocenters. The van der Waals surface area contributed by atoms with Crippen LogP contribution in [-0.4, -0.2) is 33.6 Å². The number of hydrogen-bond acceptors (Lipinski definition) is 5. The van der Waals surface area contributed by atoms with Gasteiger partial charge in [-0.2, -0.15) is 0 Å². The molecule has 0 saturated carbocycles. The van der Waals surface area contributed by atoms with Crippen LogP contribution < -0.4 is 4.90 Å². The summed E-state index contributed by atoms with van der Waals surface area (Å²) in [5, 5.41) is 12.3. The minimum Gasteiger partial charge on any atom is -0.443 e. The summed E-state index contributed by atoms with van der Waals surface area (Å²) >= 11 is 3.46. The molecule has 9 heteroatoms. The maximum Gasteiger partial charge on any atom is 0.421 e. The second-order valence-corrected chi connectivity index (χ2v) is 10.1. The van der Waals surface area contributed by atoms with Gasteiger partial charge in [0.05, 0.1) is 5.69 Å². The molecule has 3 aromatic rings. The van der Waals surface area contributed by atoms with Gasteiger partial charge in [0.2, 0.25) is 6.54 Å². The molecule has 1 aromatic heterocycles. The van der Waals surface area contributed by atoms with Gasteiger partial charge in [-0.25, -0.2) is 9.69 Å². The Morgan fingerprint density at radius 2 is 1.88 bits per heavy atom. The smallest absolute Gasteiger partial charge is 0.421 e. The number of nitrogens with zero attached hydrogens (tertiary/aromatic N) is 3. The maximum absolute atomic E-state index is 14.2. The number of imide groups is 1. The van der Waals surface area contributed by atoms with E-state index < -0.39 is 34.5 Å². The van der Waals surface area contributed by atoms with Gasteiger partial charge >= 0.3 is 6.09 Å². The number of hydrogen-bond donors (Lipinski definition) is 0. The molecule has 172 valence electrons. The van der Waals surface area contributed by atoms with Crippen LogP contribution in [0.25, 0.3) is 10.9 Å². The Morgan fingerprint density at radius 1 is 1.18 bits per heavy atom. The third kappa shape index (κ3) is 3.80. The number of para-hydroxylation sites is 1. The number of carbonyl (C=O) groups is 2. The van der Waals surface area contributed by atoms with E-state index in [0.717, 1.165) is 15.8 Å². The highest BCUT2D eigenvalue weighted by molar-refractivity contribution is 9.10. The molecule has 2 heterocycles. The summed E-state index contributed by atoms with van der Waals surface area (Å²) in [5.74, 6) is -0.553. The largest absolute Gasteiger partial charge is 0.443 e. The van der Waals surface area contributed by atoms with Crippen molar-refractivity contribution in [2.24, 2.45) is 7.05 Å². The van der Waals surface area contributed by atoms with Gasteiger partial charge in [0, 0.05) is 40.0 Å². The lowest BCUT2D eigenvalue weighted by Crippen LogP contribution is -2.46. The maximum atomic E-state index is 14.2. The minimum absolute atomic E-state index is 0.102. The third-order valence-electron chi connectivity index (χ3n) is 5.83. The summed E-state index contributed by atoms with van der Waals surface area (Å²) in [7, 11) is 1.86. The summed E-state index contributed by atoms with van der Waals surface area (Å²) in [5.41, 5.74) is 0.160. The lowest BCUT2D eigenvalue weighted by Gasteiger charge is -2.28. The van der Waals surface area contributed by atoms with E-state index in [1.54, 1.807) is 39.0 Å². The second-order valence-electron chi connectivity index (χ2n) is 9.16. The molecule has 0 radical (unpaired) electrons. The average Bonchev–Trinajstić information content (AvgIpc) is 3.18. The zero-order valence-electron chi connectivity index (χ0n) is 18.8. The molecule has 1 aliphatic heterocycles. The average molecular weight is 514 g/mol. The normalized spacial score (nSPS) is 18.0. The van der Waals surface area contributed by atoms with Crippen molar-refractivity contribution in [1.82, 2.24) is 4.57 Å². The van der Waals surface area contributed by atoms with Crippen LogP contribution in [0.1, 0.15) is 38.3 Å². The van der Waals surface area contributed by atoms with Crippen molar-refractivity contribution in [1.29, 1.82) is 0 Å². The van der Waals surface area contributed by atoms with Crippen LogP contribution in [0.15, 0.2) is 53.1 Å². The predicted molar refractivity (Wildman–Crippen MR) is 128 cm³/mol. The van der Waals surface area contributed by atoms with Gasteiger partial charge < -0.3 is 9.30 Å². The standard InChI is InChI=1S/C24H24BrN3O5/c1-23(2,3)33-22(30)28-20-10-9-15(25)13-17(20)24(21(28)29,11-12-27(31)32)18-14-26(4)19-8-6-5-7-16(18)19/h5-10,13-14H,11-12H2,1-4H3/t24-/m1/s1. The molecule has 0 fully saturated rings. The van der Waals surface area contributed by atoms with Gasteiger partial charge in [-0.15, -0.1) is 0 Å². The molecule has 4 rings (SSSR count). The third-order valence-corrected chi connectivity index (χ3v) is 6.32. The number of aromatic nitrogens is 1. The number of nitro groups is 1. The number of amides is 2. The number of halogens is 1. The molecule has 0 N–H and O–H groups in total. The van der Waals surface area contributed by atoms with E-state index >= 15 is 0 Å². The lowest BCUT2D eigenvalue weighted by atomic mass is 9.72. The van der Waals surface area contributed by atoms with Crippen molar-refractivity contribution in [2.45, 2.75) is 38.2 Å². The first-order chi connectivity index (χ1) is 15.5. The van der Waals surface area contributed by atoms with Gasteiger partial charge in [-0.05, 0) is 56.2 Å². The fourth-order valence-corrected chi connectivity index (χ4v) is 4.89. The van der Waals surface area contributed by atoms with E-state index in [1.165, 1.54) is 0 Å². The van der Waals surface area contributed by atoms with E-state index in [0.29, 0.717) is 21.3 Å². The van der Waals surface area contributed by atoms with Gasteiger partial charge in [-0.3, -0.25) is 14.9 Å². The zero-order valence-corrected chi connectivity index (χ0v) is 20.4. The molecule has 2 amide bonds. The molecule has 0 bridgehead atoms. The number of carbonyl (C=O) groups excluding carboxylic acids is 2. The Hall–Kier alpha value is -3.20. The topological polar surface area (TPSA) is 94.7 Å². The summed E-state index contributed by atoms with van der Waals surface area (Å²) in [6.45, 7) is 4.72. The number of aryl methyl sites for hydroxylation is 1. The van der Waals surface area contributed by atoms with Gasteiger partial charge in [-0.1, -0.05) is 34.1 Å². The Balaban J connectivity index is 2.02. The molecule has 33 heavy (non-hydrogen) atoms. The van der Waals surface area contributed by atoms with Crippen LogP contribution in [0.2, 0.25) is 0 Å². The van der Waals surface area contributed by atoms with Crippen LogP contribution in [0.5, 0.6) is 0 Å². The minimum atomic E-state index is -1.43. The summed E-state index contributed by atoms with van der Waals surface area (Å²) < 4.78 is 8.13. The monoisotopic (exact) mass is 513 g/mol. The van der Waals surface area contributed by atoms with E-state index in [1.807, 2.05) is 42.1 Å². The molecule has 1 atom stereocenters. The van der Waals surface area contributed by atoms with E-state index in [9.17, 15) is 19.7 Å². The SMILES string of the molecule is Cn1cc([C@]2(CC[N+](=O)[O-])C(=O)N(C(=O)OC(C)(C)C)c3ccc(Br)cc32)c2ccccc21. The van der Waals surface area contributed by atoms with Gasteiger partial charge in [0.25, 0.3) is 5.91 Å². The number of rotatable bonds is 4. The molecule has 8 nitrogen and oxygen atoms in total. The van der Waals surface area contributed by atoms with Crippen LogP contribution in [0.3, 0.4) is 0 Å². The van der Waals surface area contributed by atoms with Crippen molar-refractivity contribution >= 4 is 44.5 Å². The highest BCUT2D eigenvalue weighted by Crippen LogP contribution is 2.51. The molecule has 1 aliphatic rings. The van der Waals surface area contributed by atoms with Gasteiger partial charge in [0.15, 0.2) is 0 Å². The number of anilines is 1. The molecule has 2 aromatic carbocycles. The molecular formula is C24H24BrN3O5. The lowest BCUT2D eigenvalue weighted by molar-refractivity contribution is -0.481. The van der Waals surface area contributed by atoms with E-state index in [2.05, 4.69) is 15.9 Å². The quantitative estimate of drug-likeness (QED) is 0.354. The van der Waals surface area contributed by atoms with Gasteiger partial charge in [0.1, 0.15) is 11.0 Å². The van der Waals surface area contributed by atoms with Crippen LogP contribution >= 0.6 is 15.9 Å². The highest BCUT2D eigenvalue weighted by Gasteiger charge is 2.56. The Morgan fingerprint density at radius 3 is 2.55 bits per heavy atom. The second kappa shape index (κ2) is 7.98. The number of fused-ring (bicyclic) bond motifs is 2. The molecular weight excluding hydrogens is 490 g/mol. The van der Waals surface area contributed by atoms with E-state index in [4.69, 9.17) is 4.74 Å². The first-order valence-corrected chi connectivity index (χ1v) is 11.3. The zero-order chi connectivity index (χ0) is 24.1. The Kier molecular flexibility index (Phi) is 5.56. The highest BCUT2D eigenvalue weighted by atomic mass is 79.9. The summed E-state index contributed by atoms with van der Waals surface area (Å²) in [6.07, 6.45) is 0.917. The first-order valence-electron chi connectivity index (χ1n) is 10.5. The van der Waals surface area contributed by atoms with Crippen molar-refractivity contribution in [3.63, 3.8) is 0 Å². The molecule has 0 saturated heterocycles. The van der Waals surface area contributed by atoms with Crippen molar-refractivity contribution in [3.05, 3.63) is 74.4 Å². The van der Waals surface area contributed by atoms with Crippen molar-refractivity contribution in [2.75, 3.05) is 11.4 Å². The number of ether oxygens (including phenoxy) is 1. The van der Waals surface area contributed by atoms with Crippen LogP contribution in [0.4, 0.5) is 10.5 Å². The van der Waals surface area contributed by atoms with Crippen molar-refractivity contribution in [3.8, 4) is 0 Å². The first kappa shape index (κ1) is 23.0. The summed E-state index contributed by atoms with van der Waals surface area (Å²) in [4.78, 5) is 39.4. The Bertz CT molecular complexity index is 1290. The fourth-order valence-electron chi connectivity index (χ4n) is 4.53.